The summed E-state index contributed by atoms with van der Waals surface area (Å²) >= 11 is 0. The van der Waals surface area contributed by atoms with Crippen molar-refractivity contribution in [1.82, 2.24) is 24.6 Å². The van der Waals surface area contributed by atoms with Crippen LogP contribution in [0.25, 0.3) is 16.9 Å². The van der Waals surface area contributed by atoms with E-state index in [2.05, 4.69) is 25.0 Å². The van der Waals surface area contributed by atoms with Crippen LogP contribution in [0.15, 0.2) is 58.5 Å². The van der Waals surface area contributed by atoms with Gasteiger partial charge in [-0.2, -0.15) is 5.10 Å². The third kappa shape index (κ3) is 3.72. The van der Waals surface area contributed by atoms with E-state index >= 15 is 0 Å². The number of aromatic nitrogens is 5. The number of alkyl halides is 2. The van der Waals surface area contributed by atoms with Crippen LogP contribution in [0.4, 0.5) is 14.5 Å². The highest BCUT2D eigenvalue weighted by molar-refractivity contribution is 5.98. The molecule has 0 bridgehead atoms. The Morgan fingerprint density at radius 1 is 1.11 bits per heavy atom. The van der Waals surface area contributed by atoms with Gasteiger partial charge in [0.15, 0.2) is 11.4 Å². The zero-order valence-electron chi connectivity index (χ0n) is 18.4. The van der Waals surface area contributed by atoms with Gasteiger partial charge in [0.1, 0.15) is 5.69 Å². The minimum absolute atomic E-state index is 0.218. The highest BCUT2D eigenvalue weighted by Gasteiger charge is 2.48. The maximum Gasteiger partial charge on any atom is 0.325 e. The van der Waals surface area contributed by atoms with Crippen LogP contribution in [-0.4, -0.2) is 49.4 Å². The van der Waals surface area contributed by atoms with E-state index < -0.39 is 23.1 Å². The number of aromatic amines is 2. The molecule has 0 atom stereocenters. The summed E-state index contributed by atoms with van der Waals surface area (Å²) < 4.78 is 27.8. The number of carbonyl (C=O) groups excluding carboxylic acids is 1. The van der Waals surface area contributed by atoms with Crippen molar-refractivity contribution in [2.75, 3.05) is 18.0 Å². The minimum Gasteiger partial charge on any atom is -0.367 e. The average molecular weight is 478 g/mol. The standard InChI is InChI=1S/C24H20F2N6O3/c25-24(26)8-15(9-24)20(33)14-3-1-13(2-4-14)16-11-31(12-16)19-7-18(30-32-6-5-27-21(19)32)17-10-28-23(35)29-22(17)34/h1-7,10,15-16H,8-9,11-12H2,(H2,28,29,34,35). The van der Waals surface area contributed by atoms with E-state index in [0.29, 0.717) is 30.0 Å². The molecule has 3 aromatic heterocycles. The van der Waals surface area contributed by atoms with E-state index in [1.165, 1.54) is 6.20 Å². The molecule has 6 rings (SSSR count). The molecule has 9 nitrogen and oxygen atoms in total. The predicted molar refractivity (Wildman–Crippen MR) is 123 cm³/mol. The van der Waals surface area contributed by atoms with Gasteiger partial charge in [0.25, 0.3) is 5.56 Å². The molecule has 4 heterocycles. The second kappa shape index (κ2) is 7.69. The Labute approximate surface area is 196 Å². The number of carbonyl (C=O) groups is 1. The number of anilines is 1. The lowest BCUT2D eigenvalue weighted by atomic mass is 9.76. The number of H-pyrrole nitrogens is 2. The van der Waals surface area contributed by atoms with Crippen LogP contribution >= 0.6 is 0 Å². The smallest absolute Gasteiger partial charge is 0.325 e. The quantitative estimate of drug-likeness (QED) is 0.426. The normalized spacial score (nSPS) is 17.8. The van der Waals surface area contributed by atoms with Gasteiger partial charge in [-0.25, -0.2) is 23.1 Å². The number of rotatable bonds is 5. The lowest BCUT2D eigenvalue weighted by Crippen LogP contribution is -2.45. The fourth-order valence-electron chi connectivity index (χ4n) is 4.75. The maximum absolute atomic E-state index is 13.1. The van der Waals surface area contributed by atoms with Crippen molar-refractivity contribution in [3.63, 3.8) is 0 Å². The Hall–Kier alpha value is -4.15. The Bertz CT molecular complexity index is 1560. The molecule has 1 aromatic carbocycles. The van der Waals surface area contributed by atoms with Gasteiger partial charge >= 0.3 is 5.69 Å². The number of Topliss-reactive ketones (excluding diaryl/α,β-unsaturated/α-hetero) is 1. The fraction of sp³-hybridized carbons (Fsp3) is 0.292. The van der Waals surface area contributed by atoms with Gasteiger partial charge in [0, 0.05) is 61.9 Å². The second-order valence-electron chi connectivity index (χ2n) is 9.15. The van der Waals surface area contributed by atoms with Crippen LogP contribution in [0, 0.1) is 5.92 Å². The van der Waals surface area contributed by atoms with Crippen LogP contribution in [0.2, 0.25) is 0 Å². The topological polar surface area (TPSA) is 116 Å². The summed E-state index contributed by atoms with van der Waals surface area (Å²) in [7, 11) is 0. The molecule has 1 aliphatic heterocycles. The van der Waals surface area contributed by atoms with Crippen LogP contribution in [0.1, 0.15) is 34.7 Å². The average Bonchev–Trinajstić information content (AvgIpc) is 3.25. The molecule has 0 amide bonds. The molecule has 0 radical (unpaired) electrons. The van der Waals surface area contributed by atoms with Gasteiger partial charge in [-0.05, 0) is 11.6 Å². The molecule has 0 unspecified atom stereocenters. The zero-order valence-corrected chi connectivity index (χ0v) is 18.4. The Morgan fingerprint density at radius 2 is 1.86 bits per heavy atom. The molecule has 11 heteroatoms. The summed E-state index contributed by atoms with van der Waals surface area (Å²) in [6.45, 7) is 1.38. The molecule has 4 aromatic rings. The van der Waals surface area contributed by atoms with Crippen LogP contribution < -0.4 is 16.1 Å². The highest BCUT2D eigenvalue weighted by atomic mass is 19.3. The van der Waals surface area contributed by atoms with Gasteiger partial charge < -0.3 is 9.88 Å². The number of hydrogen-bond donors (Lipinski definition) is 2. The number of fused-ring (bicyclic) bond motifs is 1. The first-order chi connectivity index (χ1) is 16.8. The molecular weight excluding hydrogens is 458 g/mol. The number of imidazole rings is 1. The Balaban J connectivity index is 1.21. The molecule has 2 fully saturated rings. The fourth-order valence-corrected chi connectivity index (χ4v) is 4.75. The first kappa shape index (κ1) is 21.4. The highest BCUT2D eigenvalue weighted by Crippen LogP contribution is 2.44. The number of nitrogens with one attached hydrogen (secondary N) is 2. The zero-order chi connectivity index (χ0) is 24.3. The van der Waals surface area contributed by atoms with Crippen molar-refractivity contribution in [2.24, 2.45) is 5.92 Å². The van der Waals surface area contributed by atoms with E-state index in [-0.39, 0.29) is 30.1 Å². The first-order valence-electron chi connectivity index (χ1n) is 11.2. The van der Waals surface area contributed by atoms with Crippen LogP contribution in [-0.2, 0) is 0 Å². The molecule has 2 N–H and O–H groups in total. The monoisotopic (exact) mass is 478 g/mol. The van der Waals surface area contributed by atoms with Crippen molar-refractivity contribution in [3.8, 4) is 11.3 Å². The SMILES string of the molecule is O=C(c1ccc(C2CN(c3cc(-c4c[nH]c(=O)[nH]c4=O)nn4ccnc34)C2)cc1)C1CC(F)(F)C1. The summed E-state index contributed by atoms with van der Waals surface area (Å²) in [5, 5.41) is 4.44. The minimum atomic E-state index is -2.71. The van der Waals surface area contributed by atoms with E-state index in [1.807, 2.05) is 12.1 Å². The van der Waals surface area contributed by atoms with Gasteiger partial charge in [-0.3, -0.25) is 14.6 Å². The van der Waals surface area contributed by atoms with Gasteiger partial charge in [0.2, 0.25) is 5.92 Å². The molecule has 1 saturated heterocycles. The lowest BCUT2D eigenvalue weighted by Gasteiger charge is -2.41. The molecule has 1 aliphatic carbocycles. The summed E-state index contributed by atoms with van der Waals surface area (Å²) in [5.74, 6) is -3.31. The van der Waals surface area contributed by atoms with Gasteiger partial charge in [-0.1, -0.05) is 24.3 Å². The Morgan fingerprint density at radius 3 is 2.54 bits per heavy atom. The lowest BCUT2D eigenvalue weighted by molar-refractivity contribution is -0.0982. The maximum atomic E-state index is 13.1. The number of hydrogen-bond acceptors (Lipinski definition) is 6. The molecule has 0 spiro atoms. The number of ketones is 1. The van der Waals surface area contributed by atoms with Crippen molar-refractivity contribution < 1.29 is 13.6 Å². The van der Waals surface area contributed by atoms with Gasteiger partial charge in [0.05, 0.1) is 11.3 Å². The molecule has 35 heavy (non-hydrogen) atoms. The third-order valence-corrected chi connectivity index (χ3v) is 6.78. The third-order valence-electron chi connectivity index (χ3n) is 6.78. The molecular formula is C24H20F2N6O3. The second-order valence-corrected chi connectivity index (χ2v) is 9.15. The predicted octanol–water partition coefficient (Wildman–Crippen LogP) is 2.60. The first-order valence-corrected chi connectivity index (χ1v) is 11.2. The Kier molecular flexibility index (Phi) is 4.70. The van der Waals surface area contributed by atoms with E-state index in [1.54, 1.807) is 35.1 Å². The van der Waals surface area contributed by atoms with Crippen molar-refractivity contribution >= 4 is 17.1 Å². The largest absolute Gasteiger partial charge is 0.367 e. The summed E-state index contributed by atoms with van der Waals surface area (Å²) in [6.07, 6.45) is 3.91. The van der Waals surface area contributed by atoms with E-state index in [0.717, 1.165) is 11.3 Å². The van der Waals surface area contributed by atoms with Crippen molar-refractivity contribution in [2.45, 2.75) is 24.7 Å². The number of nitrogens with zero attached hydrogens (tertiary/aromatic N) is 4. The van der Waals surface area contributed by atoms with E-state index in [9.17, 15) is 23.2 Å². The van der Waals surface area contributed by atoms with Crippen molar-refractivity contribution in [1.29, 1.82) is 0 Å². The number of halogens is 2. The summed E-state index contributed by atoms with van der Waals surface area (Å²) in [4.78, 5) is 47.2. The van der Waals surface area contributed by atoms with Gasteiger partial charge in [-0.15, -0.1) is 0 Å². The van der Waals surface area contributed by atoms with Crippen LogP contribution in [0.3, 0.4) is 0 Å². The molecule has 178 valence electrons. The molecule has 2 aliphatic rings. The van der Waals surface area contributed by atoms with E-state index in [4.69, 9.17) is 0 Å². The molecule has 1 saturated carbocycles. The summed E-state index contributed by atoms with van der Waals surface area (Å²) in [6, 6.07) is 8.98. The number of benzene rings is 1. The van der Waals surface area contributed by atoms with Crippen molar-refractivity contribution in [3.05, 3.63) is 80.9 Å². The van der Waals surface area contributed by atoms with Crippen LogP contribution in [0.5, 0.6) is 0 Å². The summed E-state index contributed by atoms with van der Waals surface area (Å²) in [5.41, 5.74) is 2.49.